The van der Waals surface area contributed by atoms with Crippen LogP contribution >= 0.6 is 0 Å². The van der Waals surface area contributed by atoms with E-state index in [0.29, 0.717) is 0 Å². The third-order valence-electron chi connectivity index (χ3n) is 4.61. The molecule has 0 spiro atoms. The van der Waals surface area contributed by atoms with Gasteiger partial charge in [-0.2, -0.15) is 0 Å². The Morgan fingerprint density at radius 2 is 1.86 bits per heavy atom. The van der Waals surface area contributed by atoms with Gasteiger partial charge in [0.05, 0.1) is 0 Å². The third-order valence-corrected chi connectivity index (χ3v) is 4.61. The normalized spacial score (nSPS) is 16.6. The van der Waals surface area contributed by atoms with E-state index in [1.807, 2.05) is 0 Å². The molecular formula is C17H30N4. The lowest BCUT2D eigenvalue weighted by atomic mass is 9.86. The first-order valence-electron chi connectivity index (χ1n) is 8.43. The molecule has 0 unspecified atom stereocenters. The lowest BCUT2D eigenvalue weighted by Gasteiger charge is -2.35. The van der Waals surface area contributed by atoms with Crippen LogP contribution in [0, 0.1) is 18.8 Å². The molecule has 0 aliphatic carbocycles. The van der Waals surface area contributed by atoms with Crippen molar-refractivity contribution in [3.05, 3.63) is 11.4 Å². The number of nitrogens with one attached hydrogen (secondary N) is 1. The van der Waals surface area contributed by atoms with Gasteiger partial charge in [-0.25, -0.2) is 9.97 Å². The molecule has 2 heterocycles. The third kappa shape index (κ3) is 3.66. The van der Waals surface area contributed by atoms with Gasteiger partial charge in [0.2, 0.25) is 0 Å². The Labute approximate surface area is 129 Å². The molecule has 1 aliphatic heterocycles. The van der Waals surface area contributed by atoms with Crippen LogP contribution in [-0.2, 0) is 6.42 Å². The van der Waals surface area contributed by atoms with Crippen molar-refractivity contribution in [2.75, 3.05) is 29.9 Å². The molecule has 1 saturated heterocycles. The Kier molecular flexibility index (Phi) is 5.43. The first kappa shape index (κ1) is 16.1. The van der Waals surface area contributed by atoms with Crippen molar-refractivity contribution in [1.29, 1.82) is 0 Å². The van der Waals surface area contributed by atoms with Crippen molar-refractivity contribution in [2.24, 2.45) is 11.8 Å². The summed E-state index contributed by atoms with van der Waals surface area (Å²) in [6.45, 7) is 14.2. The summed E-state index contributed by atoms with van der Waals surface area (Å²) in [5.74, 6) is 4.74. The number of rotatable bonds is 5. The molecular weight excluding hydrogens is 260 g/mol. The van der Waals surface area contributed by atoms with Gasteiger partial charge in [0.25, 0.3) is 0 Å². The summed E-state index contributed by atoms with van der Waals surface area (Å²) in [5.41, 5.74) is 1.19. The van der Waals surface area contributed by atoms with Crippen LogP contribution in [-0.4, -0.2) is 29.6 Å². The molecule has 0 atom stereocenters. The first-order chi connectivity index (χ1) is 10.1. The zero-order valence-electron chi connectivity index (χ0n) is 14.2. The summed E-state index contributed by atoms with van der Waals surface area (Å²) in [6.07, 6.45) is 3.44. The van der Waals surface area contributed by atoms with Crippen LogP contribution in [0.1, 0.15) is 51.9 Å². The Bertz CT molecular complexity index is 462. The van der Waals surface area contributed by atoms with E-state index in [2.05, 4.69) is 49.8 Å². The highest BCUT2D eigenvalue weighted by molar-refractivity contribution is 5.58. The van der Waals surface area contributed by atoms with Crippen molar-refractivity contribution >= 4 is 11.6 Å². The van der Waals surface area contributed by atoms with E-state index in [1.54, 1.807) is 0 Å². The standard InChI is InChI=1S/C17H30N4/c1-6-15-19-16(18-7-2)13(5)17(20-15)21-10-8-14(9-11-21)12(3)4/h12,14H,6-11H2,1-5H3,(H,18,19,20). The highest BCUT2D eigenvalue weighted by Crippen LogP contribution is 2.30. The predicted molar refractivity (Wildman–Crippen MR) is 90.1 cm³/mol. The number of aromatic nitrogens is 2. The van der Waals surface area contributed by atoms with Crippen LogP contribution in [0.2, 0.25) is 0 Å². The molecule has 4 nitrogen and oxygen atoms in total. The maximum atomic E-state index is 4.80. The summed E-state index contributed by atoms with van der Waals surface area (Å²) in [4.78, 5) is 11.9. The number of hydrogen-bond donors (Lipinski definition) is 1. The molecule has 0 bridgehead atoms. The molecule has 1 aromatic heterocycles. The Morgan fingerprint density at radius 1 is 1.19 bits per heavy atom. The maximum absolute atomic E-state index is 4.80. The fraction of sp³-hybridized carbons (Fsp3) is 0.765. The second-order valence-corrected chi connectivity index (χ2v) is 6.39. The lowest BCUT2D eigenvalue weighted by molar-refractivity contribution is 0.310. The molecule has 1 aromatic rings. The van der Waals surface area contributed by atoms with Crippen molar-refractivity contribution in [3.63, 3.8) is 0 Å². The molecule has 0 saturated carbocycles. The van der Waals surface area contributed by atoms with E-state index in [1.165, 1.54) is 18.4 Å². The number of hydrogen-bond acceptors (Lipinski definition) is 4. The van der Waals surface area contributed by atoms with Crippen molar-refractivity contribution in [2.45, 2.75) is 53.9 Å². The molecule has 21 heavy (non-hydrogen) atoms. The van der Waals surface area contributed by atoms with E-state index in [0.717, 1.165) is 55.4 Å². The molecule has 0 radical (unpaired) electrons. The largest absolute Gasteiger partial charge is 0.370 e. The molecule has 0 amide bonds. The summed E-state index contributed by atoms with van der Waals surface area (Å²) >= 11 is 0. The summed E-state index contributed by atoms with van der Waals surface area (Å²) < 4.78 is 0. The molecule has 0 aromatic carbocycles. The van der Waals surface area contributed by atoms with Gasteiger partial charge in [0.1, 0.15) is 17.5 Å². The van der Waals surface area contributed by atoms with Gasteiger partial charge in [-0.3, -0.25) is 0 Å². The van der Waals surface area contributed by atoms with Crippen LogP contribution in [0.15, 0.2) is 0 Å². The van der Waals surface area contributed by atoms with Crippen LogP contribution in [0.3, 0.4) is 0 Å². The van der Waals surface area contributed by atoms with Gasteiger partial charge in [-0.15, -0.1) is 0 Å². The van der Waals surface area contributed by atoms with Gasteiger partial charge >= 0.3 is 0 Å². The lowest BCUT2D eigenvalue weighted by Crippen LogP contribution is -2.36. The quantitative estimate of drug-likeness (QED) is 0.898. The van der Waals surface area contributed by atoms with E-state index < -0.39 is 0 Å². The fourth-order valence-corrected chi connectivity index (χ4v) is 3.13. The average molecular weight is 290 g/mol. The monoisotopic (exact) mass is 290 g/mol. The second kappa shape index (κ2) is 7.10. The zero-order chi connectivity index (χ0) is 15.4. The van der Waals surface area contributed by atoms with Gasteiger partial charge in [0.15, 0.2) is 0 Å². The van der Waals surface area contributed by atoms with Gasteiger partial charge in [-0.05, 0) is 38.5 Å². The Hall–Kier alpha value is -1.32. The maximum Gasteiger partial charge on any atom is 0.137 e. The van der Waals surface area contributed by atoms with Crippen molar-refractivity contribution in [1.82, 2.24) is 9.97 Å². The van der Waals surface area contributed by atoms with Crippen molar-refractivity contribution in [3.8, 4) is 0 Å². The minimum atomic E-state index is 0.794. The number of anilines is 2. The Morgan fingerprint density at radius 3 is 2.38 bits per heavy atom. The minimum Gasteiger partial charge on any atom is -0.370 e. The predicted octanol–water partition coefficient (Wildman–Crippen LogP) is 3.65. The molecule has 2 rings (SSSR count). The van der Waals surface area contributed by atoms with E-state index >= 15 is 0 Å². The van der Waals surface area contributed by atoms with E-state index in [4.69, 9.17) is 4.98 Å². The van der Waals surface area contributed by atoms with Gasteiger partial charge < -0.3 is 10.2 Å². The molecule has 1 fully saturated rings. The fourth-order valence-electron chi connectivity index (χ4n) is 3.13. The summed E-state index contributed by atoms with van der Waals surface area (Å²) in [5, 5.41) is 3.38. The van der Waals surface area contributed by atoms with Crippen LogP contribution in [0.4, 0.5) is 11.6 Å². The van der Waals surface area contributed by atoms with Gasteiger partial charge in [-0.1, -0.05) is 20.8 Å². The highest BCUT2D eigenvalue weighted by Gasteiger charge is 2.24. The van der Waals surface area contributed by atoms with Gasteiger partial charge in [0, 0.05) is 31.6 Å². The summed E-state index contributed by atoms with van der Waals surface area (Å²) in [7, 11) is 0. The Balaban J connectivity index is 2.21. The molecule has 118 valence electrons. The summed E-state index contributed by atoms with van der Waals surface area (Å²) in [6, 6.07) is 0. The number of aryl methyl sites for hydroxylation is 1. The van der Waals surface area contributed by atoms with E-state index in [-0.39, 0.29) is 0 Å². The van der Waals surface area contributed by atoms with Crippen molar-refractivity contribution < 1.29 is 0 Å². The second-order valence-electron chi connectivity index (χ2n) is 6.39. The van der Waals surface area contributed by atoms with E-state index in [9.17, 15) is 0 Å². The number of nitrogens with zero attached hydrogens (tertiary/aromatic N) is 3. The zero-order valence-corrected chi connectivity index (χ0v) is 14.2. The smallest absolute Gasteiger partial charge is 0.137 e. The van der Waals surface area contributed by atoms with Crippen LogP contribution in [0.25, 0.3) is 0 Å². The SMILES string of the molecule is CCNc1nc(CC)nc(N2CCC(C(C)C)CC2)c1C. The molecule has 1 N–H and O–H groups in total. The highest BCUT2D eigenvalue weighted by atomic mass is 15.2. The average Bonchev–Trinajstić information content (AvgIpc) is 2.49. The molecule has 1 aliphatic rings. The topological polar surface area (TPSA) is 41.1 Å². The first-order valence-corrected chi connectivity index (χ1v) is 8.43. The van der Waals surface area contributed by atoms with Crippen LogP contribution in [0.5, 0.6) is 0 Å². The van der Waals surface area contributed by atoms with Crippen LogP contribution < -0.4 is 10.2 Å². The number of piperidine rings is 1. The molecule has 4 heteroatoms. The minimum absolute atomic E-state index is 0.794.